The first-order valence-electron chi connectivity index (χ1n) is 14.9. The van der Waals surface area contributed by atoms with E-state index < -0.39 is 90.8 Å². The minimum Gasteiger partial charge on any atom is -0.487 e. The highest BCUT2D eigenvalue weighted by molar-refractivity contribution is 6.03. The smallest absolute Gasteiger partial charge is 0.471 e. The van der Waals surface area contributed by atoms with Gasteiger partial charge < -0.3 is 19.5 Å². The Morgan fingerprint density at radius 3 is 2.08 bits per heavy atom. The van der Waals surface area contributed by atoms with Crippen molar-refractivity contribution in [1.29, 1.82) is 0 Å². The molecular formula is C32H38F7N3O6. The molecule has 0 saturated heterocycles. The van der Waals surface area contributed by atoms with E-state index in [1.54, 1.807) is 51.1 Å². The highest BCUT2D eigenvalue weighted by Crippen LogP contribution is 2.45. The van der Waals surface area contributed by atoms with Crippen LogP contribution < -0.4 is 19.9 Å². The van der Waals surface area contributed by atoms with Crippen molar-refractivity contribution < 1.29 is 59.3 Å². The first-order chi connectivity index (χ1) is 22.0. The molecule has 1 aliphatic rings. The van der Waals surface area contributed by atoms with Gasteiger partial charge in [0.2, 0.25) is 0 Å². The summed E-state index contributed by atoms with van der Waals surface area (Å²) in [5.74, 6) is -5.92. The lowest BCUT2D eigenvalue weighted by Gasteiger charge is -2.30. The maximum absolute atomic E-state index is 16.7. The Labute approximate surface area is 273 Å². The van der Waals surface area contributed by atoms with Crippen molar-refractivity contribution >= 4 is 29.3 Å². The number of amides is 2. The molecule has 2 amide bonds. The fraction of sp³-hybridized carbons (Fsp3) is 0.531. The van der Waals surface area contributed by atoms with Crippen LogP contribution in [0.1, 0.15) is 59.1 Å². The maximum atomic E-state index is 16.7. The first-order valence-corrected chi connectivity index (χ1v) is 14.9. The lowest BCUT2D eigenvalue weighted by molar-refractivity contribution is -0.171. The number of rotatable bonds is 10. The Balaban J connectivity index is 2.20. The zero-order chi connectivity index (χ0) is 36.2. The van der Waals surface area contributed by atoms with Crippen LogP contribution in [0, 0.1) is 5.82 Å². The van der Waals surface area contributed by atoms with Gasteiger partial charge in [-0.25, -0.2) is 9.18 Å². The van der Waals surface area contributed by atoms with Crippen molar-refractivity contribution in [3.63, 3.8) is 0 Å². The van der Waals surface area contributed by atoms with Gasteiger partial charge in [0, 0.05) is 24.7 Å². The molecule has 1 heterocycles. The van der Waals surface area contributed by atoms with Gasteiger partial charge in [0.05, 0.1) is 18.2 Å². The van der Waals surface area contributed by atoms with Gasteiger partial charge in [-0.15, -0.1) is 0 Å². The Kier molecular flexibility index (Phi) is 11.7. The van der Waals surface area contributed by atoms with Crippen LogP contribution in [0.3, 0.4) is 0 Å². The van der Waals surface area contributed by atoms with E-state index in [1.807, 2.05) is 0 Å². The topological polar surface area (TPSA) is 97.4 Å². The van der Waals surface area contributed by atoms with Crippen molar-refractivity contribution in [2.75, 3.05) is 29.4 Å². The Morgan fingerprint density at radius 2 is 1.54 bits per heavy atom. The monoisotopic (exact) mass is 693 g/mol. The molecule has 0 radical (unpaired) electrons. The summed E-state index contributed by atoms with van der Waals surface area (Å²) in [6, 6.07) is 8.18. The van der Waals surface area contributed by atoms with Gasteiger partial charge in [-0.2, -0.15) is 26.3 Å². The summed E-state index contributed by atoms with van der Waals surface area (Å²) >= 11 is 0. The fourth-order valence-electron chi connectivity index (χ4n) is 4.80. The second kappa shape index (κ2) is 14.6. The third kappa shape index (κ3) is 10.7. The Morgan fingerprint density at radius 1 is 0.938 bits per heavy atom. The maximum Gasteiger partial charge on any atom is 0.471 e. The molecule has 0 saturated carbocycles. The molecule has 266 valence electrons. The molecule has 0 aromatic heterocycles. The number of nitrogens with zero attached hydrogens (tertiary/aromatic N) is 2. The number of alkyl halides is 6. The van der Waals surface area contributed by atoms with Crippen molar-refractivity contribution in [3.05, 3.63) is 53.3 Å². The number of fused-ring (bicyclic) bond motifs is 1. The van der Waals surface area contributed by atoms with Crippen molar-refractivity contribution in [3.8, 4) is 5.75 Å². The molecule has 1 N–H and O–H groups in total. The standard InChI is InChI=1S/C32H38F7N3O6/c1-29(2,3)47-24(43)17-41(27(44)32(37,38)39)26-23(46-18-19-10-8-7-9-11-19)15-22-21(25(26)33)14-20(16-40-13-12-31(34,35)36)42(22)28(45)48-30(4,5)6/h7-11,15,20,40H,12-14,16-18H2,1-6H3/t20-/m1/s1. The van der Waals surface area contributed by atoms with E-state index >= 15 is 4.39 Å². The number of esters is 1. The van der Waals surface area contributed by atoms with Crippen LogP contribution in [0.15, 0.2) is 36.4 Å². The van der Waals surface area contributed by atoms with Crippen LogP contribution in [-0.4, -0.2) is 67.2 Å². The highest BCUT2D eigenvalue weighted by Gasteiger charge is 2.47. The van der Waals surface area contributed by atoms with Gasteiger partial charge in [-0.1, -0.05) is 30.3 Å². The number of halogens is 7. The first kappa shape index (κ1) is 38.4. The van der Waals surface area contributed by atoms with Gasteiger partial charge in [0.25, 0.3) is 0 Å². The number of ether oxygens (including phenoxy) is 3. The van der Waals surface area contributed by atoms with E-state index in [9.17, 15) is 40.7 Å². The summed E-state index contributed by atoms with van der Waals surface area (Å²) in [4.78, 5) is 39.8. The van der Waals surface area contributed by atoms with Crippen LogP contribution in [0.25, 0.3) is 0 Å². The second-order valence-corrected chi connectivity index (χ2v) is 13.1. The predicted octanol–water partition coefficient (Wildman–Crippen LogP) is 6.85. The summed E-state index contributed by atoms with van der Waals surface area (Å²) in [5, 5.41) is 2.57. The largest absolute Gasteiger partial charge is 0.487 e. The lowest BCUT2D eigenvalue weighted by Crippen LogP contribution is -2.46. The van der Waals surface area contributed by atoms with E-state index in [4.69, 9.17) is 14.2 Å². The normalized spacial score (nSPS) is 15.2. The van der Waals surface area contributed by atoms with Crippen molar-refractivity contribution in [2.24, 2.45) is 0 Å². The molecule has 48 heavy (non-hydrogen) atoms. The second-order valence-electron chi connectivity index (χ2n) is 13.1. The third-order valence-electron chi connectivity index (χ3n) is 6.61. The molecular weight excluding hydrogens is 655 g/mol. The summed E-state index contributed by atoms with van der Waals surface area (Å²) < 4.78 is 113. The Hall–Kier alpha value is -4.08. The van der Waals surface area contributed by atoms with Crippen molar-refractivity contribution in [1.82, 2.24) is 5.32 Å². The molecule has 3 rings (SSSR count). The molecule has 0 fully saturated rings. The molecule has 0 aliphatic carbocycles. The van der Waals surface area contributed by atoms with Gasteiger partial charge in [0.1, 0.15) is 35.8 Å². The van der Waals surface area contributed by atoms with Crippen LogP contribution in [0.2, 0.25) is 0 Å². The third-order valence-corrected chi connectivity index (χ3v) is 6.61. The van der Waals surface area contributed by atoms with Gasteiger partial charge in [0.15, 0.2) is 5.82 Å². The molecule has 0 unspecified atom stereocenters. The minimum atomic E-state index is -5.57. The van der Waals surface area contributed by atoms with Crippen LogP contribution in [0.5, 0.6) is 5.75 Å². The number of hydrogen-bond donors (Lipinski definition) is 1. The fourth-order valence-corrected chi connectivity index (χ4v) is 4.80. The van der Waals surface area contributed by atoms with Gasteiger partial charge in [-0.05, 0) is 53.5 Å². The number of benzene rings is 2. The highest BCUT2D eigenvalue weighted by atomic mass is 19.4. The molecule has 0 bridgehead atoms. The number of anilines is 2. The molecule has 2 aromatic carbocycles. The average molecular weight is 694 g/mol. The number of nitrogens with one attached hydrogen (secondary N) is 1. The van der Waals surface area contributed by atoms with E-state index in [2.05, 4.69) is 5.32 Å². The summed E-state index contributed by atoms with van der Waals surface area (Å²) in [6.07, 6.45) is -12.7. The molecule has 2 aromatic rings. The van der Waals surface area contributed by atoms with E-state index in [0.717, 1.165) is 11.0 Å². The van der Waals surface area contributed by atoms with Crippen LogP contribution in [0.4, 0.5) is 46.9 Å². The predicted molar refractivity (Wildman–Crippen MR) is 161 cm³/mol. The van der Waals surface area contributed by atoms with Crippen LogP contribution in [-0.2, 0) is 32.1 Å². The summed E-state index contributed by atoms with van der Waals surface area (Å²) in [6.45, 7) is 6.46. The molecule has 9 nitrogen and oxygen atoms in total. The number of carbonyl (C=O) groups is 3. The summed E-state index contributed by atoms with van der Waals surface area (Å²) in [5.41, 5.74) is -3.33. The van der Waals surface area contributed by atoms with Gasteiger partial charge in [-0.3, -0.25) is 19.4 Å². The molecule has 0 spiro atoms. The van der Waals surface area contributed by atoms with Gasteiger partial charge >= 0.3 is 30.3 Å². The quantitative estimate of drug-likeness (QED) is 0.165. The molecule has 16 heteroatoms. The summed E-state index contributed by atoms with van der Waals surface area (Å²) in [7, 11) is 0. The zero-order valence-corrected chi connectivity index (χ0v) is 27.3. The number of hydrogen-bond acceptors (Lipinski definition) is 7. The lowest BCUT2D eigenvalue weighted by atomic mass is 10.1. The van der Waals surface area contributed by atoms with E-state index in [-0.39, 0.29) is 29.3 Å². The van der Waals surface area contributed by atoms with Crippen LogP contribution >= 0.6 is 0 Å². The SMILES string of the molecule is CC(C)(C)OC(=O)CN(C(=O)C(F)(F)F)c1c(OCc2ccccc2)cc2c(c1F)C[C@H](CNCCC(F)(F)F)N2C(=O)OC(C)(C)C. The molecule has 1 aliphatic heterocycles. The number of carbonyl (C=O) groups excluding carboxylic acids is 3. The van der Waals surface area contributed by atoms with E-state index in [0.29, 0.717) is 5.56 Å². The Bertz CT molecular complexity index is 1470. The zero-order valence-electron chi connectivity index (χ0n) is 27.3. The minimum absolute atomic E-state index is 0.128. The average Bonchev–Trinajstić information content (AvgIpc) is 3.29. The van der Waals surface area contributed by atoms with E-state index in [1.165, 1.54) is 20.8 Å². The molecule has 1 atom stereocenters. The van der Waals surface area contributed by atoms with Crippen molar-refractivity contribution in [2.45, 2.75) is 90.6 Å².